The highest BCUT2D eigenvalue weighted by molar-refractivity contribution is 5.81. The van der Waals surface area contributed by atoms with Gasteiger partial charge in [-0.3, -0.25) is 9.69 Å². The predicted molar refractivity (Wildman–Crippen MR) is 109 cm³/mol. The summed E-state index contributed by atoms with van der Waals surface area (Å²) in [5, 5.41) is 0. The van der Waals surface area contributed by atoms with Crippen LogP contribution in [0.3, 0.4) is 0 Å². The van der Waals surface area contributed by atoms with Crippen molar-refractivity contribution in [1.29, 1.82) is 0 Å². The lowest BCUT2D eigenvalue weighted by Gasteiger charge is -2.32. The van der Waals surface area contributed by atoms with Crippen molar-refractivity contribution in [3.63, 3.8) is 0 Å². The van der Waals surface area contributed by atoms with E-state index in [2.05, 4.69) is 6.58 Å². The minimum absolute atomic E-state index is 0.336. The van der Waals surface area contributed by atoms with E-state index in [9.17, 15) is 9.59 Å². The Morgan fingerprint density at radius 3 is 2.40 bits per heavy atom. The van der Waals surface area contributed by atoms with Crippen LogP contribution in [0.25, 0.3) is 0 Å². The molecule has 0 aromatic heterocycles. The molecule has 3 atom stereocenters. The number of hydrogen-bond acceptors (Lipinski definition) is 8. The summed E-state index contributed by atoms with van der Waals surface area (Å²) in [6.07, 6.45) is 1.26. The van der Waals surface area contributed by atoms with Crippen LogP contribution in [0, 0.1) is 0 Å². The van der Waals surface area contributed by atoms with Gasteiger partial charge in [0.05, 0.1) is 13.2 Å². The van der Waals surface area contributed by atoms with Crippen molar-refractivity contribution in [2.75, 3.05) is 19.9 Å². The van der Waals surface area contributed by atoms with E-state index >= 15 is 0 Å². The van der Waals surface area contributed by atoms with Crippen molar-refractivity contribution in [3.8, 4) is 5.75 Å². The van der Waals surface area contributed by atoms with E-state index in [1.165, 1.54) is 0 Å². The molecule has 1 aromatic rings. The van der Waals surface area contributed by atoms with Gasteiger partial charge < -0.3 is 23.7 Å². The van der Waals surface area contributed by atoms with Crippen LogP contribution in [-0.2, 0) is 35.1 Å². The molecule has 0 N–H and O–H groups in total. The average Bonchev–Trinajstić information content (AvgIpc) is 2.74. The van der Waals surface area contributed by atoms with Gasteiger partial charge in [-0.1, -0.05) is 24.8 Å². The van der Waals surface area contributed by atoms with Gasteiger partial charge in [0.25, 0.3) is 0 Å². The smallest absolute Gasteiger partial charge is 0.332 e. The summed E-state index contributed by atoms with van der Waals surface area (Å²) in [5.74, 6) is -0.0223. The highest BCUT2D eigenvalue weighted by atomic mass is 16.7. The third-order valence-corrected chi connectivity index (χ3v) is 4.60. The fourth-order valence-electron chi connectivity index (χ4n) is 2.83. The van der Waals surface area contributed by atoms with Gasteiger partial charge in [0.15, 0.2) is 12.6 Å². The normalized spacial score (nSPS) is 16.5. The SMILES string of the molecule is C=CC(=O)OC(C)OCCCCOC(C)OC(=O)C(C)N1COc2ccccc2C1. The van der Waals surface area contributed by atoms with E-state index in [0.717, 1.165) is 30.2 Å². The number of para-hydroxylation sites is 1. The summed E-state index contributed by atoms with van der Waals surface area (Å²) in [5.41, 5.74) is 1.04. The molecule has 1 aliphatic heterocycles. The van der Waals surface area contributed by atoms with Crippen molar-refractivity contribution in [3.05, 3.63) is 42.5 Å². The highest BCUT2D eigenvalue weighted by Crippen LogP contribution is 2.25. The summed E-state index contributed by atoms with van der Waals surface area (Å²) in [7, 11) is 0. The summed E-state index contributed by atoms with van der Waals surface area (Å²) in [4.78, 5) is 25.4. The number of esters is 2. The number of nitrogens with zero attached hydrogens (tertiary/aromatic N) is 1. The molecular weight excluding hydrogens is 390 g/mol. The number of ether oxygens (including phenoxy) is 5. The monoisotopic (exact) mass is 421 g/mol. The predicted octanol–water partition coefficient (Wildman–Crippen LogP) is 3.00. The minimum atomic E-state index is -0.647. The largest absolute Gasteiger partial charge is 0.478 e. The molecule has 166 valence electrons. The zero-order valence-corrected chi connectivity index (χ0v) is 17.9. The zero-order valence-electron chi connectivity index (χ0n) is 17.9. The van der Waals surface area contributed by atoms with Crippen molar-refractivity contribution in [2.24, 2.45) is 0 Å². The Hall–Kier alpha value is -2.42. The second kappa shape index (κ2) is 12.3. The number of fused-ring (bicyclic) bond motifs is 1. The van der Waals surface area contributed by atoms with Crippen LogP contribution in [0.5, 0.6) is 5.75 Å². The molecule has 2 rings (SSSR count). The first-order chi connectivity index (χ1) is 14.4. The summed E-state index contributed by atoms with van der Waals surface area (Å²) in [6, 6.07) is 7.34. The summed E-state index contributed by atoms with van der Waals surface area (Å²) < 4.78 is 26.9. The van der Waals surface area contributed by atoms with Crippen LogP contribution in [0.2, 0.25) is 0 Å². The van der Waals surface area contributed by atoms with Crippen LogP contribution in [-0.4, -0.2) is 55.4 Å². The second-order valence-electron chi connectivity index (χ2n) is 6.97. The van der Waals surface area contributed by atoms with E-state index < -0.39 is 24.6 Å². The standard InChI is InChI=1S/C22H31NO7/c1-5-21(24)29-17(3)26-12-8-9-13-27-18(4)30-22(25)16(2)23-14-19-10-6-7-11-20(19)28-15-23/h5-7,10-11,16-18H,1,8-9,12-15H2,2-4H3. The Kier molecular flexibility index (Phi) is 9.79. The molecule has 30 heavy (non-hydrogen) atoms. The maximum atomic E-state index is 12.4. The van der Waals surface area contributed by atoms with Crippen molar-refractivity contribution in [1.82, 2.24) is 4.90 Å². The fourth-order valence-corrected chi connectivity index (χ4v) is 2.83. The average molecular weight is 421 g/mol. The molecule has 0 fully saturated rings. The molecule has 0 radical (unpaired) electrons. The Bertz CT molecular complexity index is 708. The first-order valence-corrected chi connectivity index (χ1v) is 10.1. The third kappa shape index (κ3) is 7.78. The molecular formula is C22H31NO7. The number of benzene rings is 1. The van der Waals surface area contributed by atoms with E-state index in [4.69, 9.17) is 23.7 Å². The van der Waals surface area contributed by atoms with Crippen LogP contribution in [0.1, 0.15) is 39.2 Å². The fraction of sp³-hybridized carbons (Fsp3) is 0.545. The van der Waals surface area contributed by atoms with Gasteiger partial charge in [-0.05, 0) is 39.7 Å². The molecule has 1 aromatic carbocycles. The van der Waals surface area contributed by atoms with Crippen LogP contribution in [0.4, 0.5) is 0 Å². The third-order valence-electron chi connectivity index (χ3n) is 4.60. The van der Waals surface area contributed by atoms with Crippen LogP contribution in [0.15, 0.2) is 36.9 Å². The molecule has 0 amide bonds. The Balaban J connectivity index is 1.59. The number of hydrogen-bond donors (Lipinski definition) is 0. The molecule has 8 heteroatoms. The van der Waals surface area contributed by atoms with Crippen LogP contribution >= 0.6 is 0 Å². The molecule has 1 heterocycles. The van der Waals surface area contributed by atoms with Crippen molar-refractivity contribution < 1.29 is 33.3 Å². The van der Waals surface area contributed by atoms with E-state index in [1.54, 1.807) is 20.8 Å². The quantitative estimate of drug-likeness (QED) is 0.220. The van der Waals surface area contributed by atoms with Gasteiger partial charge in [0, 0.05) is 18.2 Å². The molecule has 1 aliphatic rings. The topological polar surface area (TPSA) is 83.5 Å². The molecule has 0 spiro atoms. The van der Waals surface area contributed by atoms with Gasteiger partial charge in [-0.25, -0.2) is 4.79 Å². The molecule has 0 saturated heterocycles. The first kappa shape index (κ1) is 23.9. The Morgan fingerprint density at radius 1 is 1.10 bits per heavy atom. The zero-order chi connectivity index (χ0) is 21.9. The van der Waals surface area contributed by atoms with Gasteiger partial charge in [0.2, 0.25) is 0 Å². The van der Waals surface area contributed by atoms with Crippen molar-refractivity contribution >= 4 is 11.9 Å². The maximum absolute atomic E-state index is 12.4. The van der Waals surface area contributed by atoms with Crippen LogP contribution < -0.4 is 4.74 Å². The lowest BCUT2D eigenvalue weighted by molar-refractivity contribution is -0.182. The lowest BCUT2D eigenvalue weighted by Crippen LogP contribution is -2.44. The first-order valence-electron chi connectivity index (χ1n) is 10.1. The van der Waals surface area contributed by atoms with Gasteiger partial charge >= 0.3 is 11.9 Å². The Labute approximate surface area is 177 Å². The van der Waals surface area contributed by atoms with Gasteiger partial charge in [0.1, 0.15) is 18.5 Å². The summed E-state index contributed by atoms with van der Waals surface area (Å²) >= 11 is 0. The number of carbonyl (C=O) groups is 2. The Morgan fingerprint density at radius 2 is 1.73 bits per heavy atom. The molecule has 0 aliphatic carbocycles. The molecule has 8 nitrogen and oxygen atoms in total. The molecule has 0 saturated carbocycles. The molecule has 3 unspecified atom stereocenters. The van der Waals surface area contributed by atoms with Crippen molar-refractivity contribution in [2.45, 2.75) is 58.8 Å². The lowest BCUT2D eigenvalue weighted by atomic mass is 10.1. The second-order valence-corrected chi connectivity index (χ2v) is 6.97. The maximum Gasteiger partial charge on any atom is 0.332 e. The number of rotatable bonds is 12. The number of unbranched alkanes of at least 4 members (excludes halogenated alkanes) is 1. The van der Waals surface area contributed by atoms with Gasteiger partial charge in [-0.15, -0.1) is 0 Å². The van der Waals surface area contributed by atoms with E-state index in [0.29, 0.717) is 26.5 Å². The number of carbonyl (C=O) groups excluding carboxylic acids is 2. The minimum Gasteiger partial charge on any atom is -0.478 e. The van der Waals surface area contributed by atoms with Gasteiger partial charge in [-0.2, -0.15) is 0 Å². The summed E-state index contributed by atoms with van der Waals surface area (Å²) in [6.45, 7) is 10.3. The van der Waals surface area contributed by atoms with E-state index in [1.807, 2.05) is 29.2 Å². The highest BCUT2D eigenvalue weighted by Gasteiger charge is 2.28. The van der Waals surface area contributed by atoms with E-state index in [-0.39, 0.29) is 5.97 Å². The molecule has 0 bridgehead atoms.